The molecule has 106 valence electrons. The van der Waals surface area contributed by atoms with Gasteiger partial charge in [0.15, 0.2) is 9.84 Å². The molecule has 1 aromatic carbocycles. The fourth-order valence-corrected chi connectivity index (χ4v) is 4.16. The molecule has 4 nitrogen and oxygen atoms in total. The third-order valence-corrected chi connectivity index (χ3v) is 5.38. The molecule has 1 N–H and O–H groups in total. The van der Waals surface area contributed by atoms with Crippen LogP contribution in [0, 0.1) is 11.6 Å². The van der Waals surface area contributed by atoms with Crippen molar-refractivity contribution in [1.82, 2.24) is 0 Å². The molecular weight excluding hydrogens is 310 g/mol. The quantitative estimate of drug-likeness (QED) is 0.880. The molecule has 0 radical (unpaired) electrons. The lowest BCUT2D eigenvalue weighted by Gasteiger charge is -2.04. The number of sulfone groups is 1. The maximum atomic E-state index is 13.5. The molecule has 0 aliphatic heterocycles. The van der Waals surface area contributed by atoms with Crippen molar-refractivity contribution < 1.29 is 27.1 Å². The van der Waals surface area contributed by atoms with Crippen LogP contribution in [0.15, 0.2) is 35.2 Å². The fourth-order valence-electron chi connectivity index (χ4n) is 1.56. The number of hydrogen-bond acceptors (Lipinski definition) is 4. The highest BCUT2D eigenvalue weighted by Gasteiger charge is 2.21. The summed E-state index contributed by atoms with van der Waals surface area (Å²) in [7, 11) is -4.00. The van der Waals surface area contributed by atoms with E-state index in [1.807, 2.05) is 0 Å². The van der Waals surface area contributed by atoms with Gasteiger partial charge < -0.3 is 5.11 Å². The molecule has 0 unspecified atom stereocenters. The Hall–Kier alpha value is -1.80. The Labute approximate surface area is 117 Å². The van der Waals surface area contributed by atoms with E-state index in [4.69, 9.17) is 5.11 Å². The summed E-state index contributed by atoms with van der Waals surface area (Å²) in [5.41, 5.74) is 0. The fraction of sp³-hybridized carbons (Fsp3) is 0.0833. The number of aromatic carboxylic acids is 1. The molecule has 0 fully saturated rings. The van der Waals surface area contributed by atoms with Crippen molar-refractivity contribution in [3.8, 4) is 0 Å². The van der Waals surface area contributed by atoms with E-state index in [0.717, 1.165) is 23.5 Å². The molecule has 0 aliphatic carbocycles. The van der Waals surface area contributed by atoms with Gasteiger partial charge in [0.1, 0.15) is 21.4 Å². The van der Waals surface area contributed by atoms with Crippen LogP contribution in [0.2, 0.25) is 0 Å². The molecule has 0 bridgehead atoms. The van der Waals surface area contributed by atoms with Gasteiger partial charge in [-0.3, -0.25) is 0 Å². The molecule has 20 heavy (non-hydrogen) atoms. The van der Waals surface area contributed by atoms with Gasteiger partial charge in [-0.2, -0.15) is 0 Å². The number of rotatable bonds is 4. The molecule has 0 saturated carbocycles. The highest BCUT2D eigenvalue weighted by atomic mass is 32.2. The Morgan fingerprint density at radius 1 is 1.20 bits per heavy atom. The molecule has 1 heterocycles. The molecule has 1 aromatic heterocycles. The van der Waals surface area contributed by atoms with Crippen molar-refractivity contribution in [2.75, 3.05) is 0 Å². The molecular formula is C12H8F2O4S2. The second kappa shape index (κ2) is 5.29. The van der Waals surface area contributed by atoms with E-state index in [-0.39, 0.29) is 9.75 Å². The molecule has 0 aliphatic rings. The Bertz CT molecular complexity index is 766. The normalized spacial score (nSPS) is 11.5. The zero-order chi connectivity index (χ0) is 14.9. The summed E-state index contributed by atoms with van der Waals surface area (Å²) >= 11 is 0.796. The second-order valence-electron chi connectivity index (χ2n) is 3.90. The molecule has 8 heteroatoms. The van der Waals surface area contributed by atoms with Crippen molar-refractivity contribution in [2.24, 2.45) is 0 Å². The van der Waals surface area contributed by atoms with Crippen LogP contribution in [0.3, 0.4) is 0 Å². The van der Waals surface area contributed by atoms with Gasteiger partial charge in [-0.05, 0) is 24.3 Å². The lowest BCUT2D eigenvalue weighted by Crippen LogP contribution is -2.06. The van der Waals surface area contributed by atoms with E-state index in [0.29, 0.717) is 6.07 Å². The van der Waals surface area contributed by atoms with Crippen LogP contribution in [-0.2, 0) is 15.6 Å². The number of carbonyl (C=O) groups is 1. The van der Waals surface area contributed by atoms with E-state index in [2.05, 4.69) is 0 Å². The molecule has 0 atom stereocenters. The van der Waals surface area contributed by atoms with Gasteiger partial charge in [0.25, 0.3) is 0 Å². The summed E-state index contributed by atoms with van der Waals surface area (Å²) in [5, 5.41) is 8.75. The van der Waals surface area contributed by atoms with Gasteiger partial charge >= 0.3 is 5.97 Å². The van der Waals surface area contributed by atoms with Crippen LogP contribution in [0.5, 0.6) is 0 Å². The number of carboxylic acids is 1. The number of halogens is 2. The van der Waals surface area contributed by atoms with Gasteiger partial charge in [-0.15, -0.1) is 11.3 Å². The summed E-state index contributed by atoms with van der Waals surface area (Å²) in [4.78, 5) is 10.4. The maximum absolute atomic E-state index is 13.5. The second-order valence-corrected chi connectivity index (χ2v) is 7.03. The van der Waals surface area contributed by atoms with Crippen LogP contribution >= 0.6 is 11.3 Å². The minimum absolute atomic E-state index is 0.00484. The van der Waals surface area contributed by atoms with Crippen LogP contribution in [-0.4, -0.2) is 19.5 Å². The molecule has 0 amide bonds. The highest BCUT2D eigenvalue weighted by Crippen LogP contribution is 2.24. The minimum atomic E-state index is -4.00. The summed E-state index contributed by atoms with van der Waals surface area (Å²) < 4.78 is 50.2. The number of carboxylic acid groups (broad SMARTS) is 1. The average molecular weight is 318 g/mol. The summed E-state index contributed by atoms with van der Waals surface area (Å²) in [6, 6.07) is 4.83. The topological polar surface area (TPSA) is 71.4 Å². The van der Waals surface area contributed by atoms with Crippen molar-refractivity contribution in [1.29, 1.82) is 0 Å². The van der Waals surface area contributed by atoms with E-state index in [1.54, 1.807) is 0 Å². The van der Waals surface area contributed by atoms with Gasteiger partial charge in [-0.1, -0.05) is 0 Å². The standard InChI is InChI=1S/C12H8F2O4S2/c13-7-1-4-11(9(14)5-7)20(17,18)6-8-2-3-10(19-8)12(15)16/h1-5H,6H2,(H,15,16). The van der Waals surface area contributed by atoms with Crippen molar-refractivity contribution in [3.63, 3.8) is 0 Å². The Balaban J connectivity index is 2.33. The lowest BCUT2D eigenvalue weighted by atomic mass is 10.3. The molecule has 2 rings (SSSR count). The summed E-state index contributed by atoms with van der Waals surface area (Å²) in [5.74, 6) is -3.73. The van der Waals surface area contributed by atoms with Crippen LogP contribution in [0.1, 0.15) is 14.5 Å². The number of hydrogen-bond donors (Lipinski definition) is 1. The van der Waals surface area contributed by atoms with Gasteiger partial charge in [0, 0.05) is 10.9 Å². The van der Waals surface area contributed by atoms with Gasteiger partial charge in [0.2, 0.25) is 0 Å². The molecule has 0 saturated heterocycles. The van der Waals surface area contributed by atoms with E-state index in [9.17, 15) is 22.0 Å². The molecule has 2 aromatic rings. The van der Waals surface area contributed by atoms with Crippen molar-refractivity contribution in [2.45, 2.75) is 10.6 Å². The van der Waals surface area contributed by atoms with Gasteiger partial charge in [0.05, 0.1) is 5.75 Å². The Kier molecular flexibility index (Phi) is 3.87. The Morgan fingerprint density at radius 2 is 1.90 bits per heavy atom. The average Bonchev–Trinajstić information content (AvgIpc) is 2.76. The first-order valence-corrected chi connectivity index (χ1v) is 7.76. The van der Waals surface area contributed by atoms with Crippen LogP contribution in [0.25, 0.3) is 0 Å². The zero-order valence-electron chi connectivity index (χ0n) is 9.84. The highest BCUT2D eigenvalue weighted by molar-refractivity contribution is 7.90. The predicted molar refractivity (Wildman–Crippen MR) is 68.5 cm³/mol. The Morgan fingerprint density at radius 3 is 2.45 bits per heavy atom. The van der Waals surface area contributed by atoms with Crippen molar-refractivity contribution in [3.05, 3.63) is 51.7 Å². The number of thiophene rings is 1. The smallest absolute Gasteiger partial charge is 0.345 e. The first kappa shape index (κ1) is 14.6. The largest absolute Gasteiger partial charge is 0.477 e. The van der Waals surface area contributed by atoms with Crippen LogP contribution in [0.4, 0.5) is 8.78 Å². The van der Waals surface area contributed by atoms with E-state index < -0.39 is 38.1 Å². The maximum Gasteiger partial charge on any atom is 0.345 e. The van der Waals surface area contributed by atoms with Gasteiger partial charge in [-0.25, -0.2) is 22.0 Å². The summed E-state index contributed by atoms with van der Waals surface area (Å²) in [6.45, 7) is 0. The zero-order valence-corrected chi connectivity index (χ0v) is 11.5. The SMILES string of the molecule is O=C(O)c1ccc(CS(=O)(=O)c2ccc(F)cc2F)s1. The third kappa shape index (κ3) is 3.02. The third-order valence-electron chi connectivity index (χ3n) is 2.43. The first-order chi connectivity index (χ1) is 9.29. The van der Waals surface area contributed by atoms with E-state index >= 15 is 0 Å². The minimum Gasteiger partial charge on any atom is -0.477 e. The molecule has 0 spiro atoms. The number of benzene rings is 1. The predicted octanol–water partition coefficient (Wildman–Crippen LogP) is 2.70. The monoisotopic (exact) mass is 318 g/mol. The lowest BCUT2D eigenvalue weighted by molar-refractivity contribution is 0.0702. The van der Waals surface area contributed by atoms with Crippen LogP contribution < -0.4 is 0 Å². The first-order valence-electron chi connectivity index (χ1n) is 5.29. The summed E-state index contributed by atoms with van der Waals surface area (Å²) in [6.07, 6.45) is 0. The van der Waals surface area contributed by atoms with Crippen molar-refractivity contribution >= 4 is 27.1 Å². The van der Waals surface area contributed by atoms with E-state index in [1.165, 1.54) is 12.1 Å².